The van der Waals surface area contributed by atoms with E-state index in [1.54, 1.807) is 12.3 Å². The second kappa shape index (κ2) is 10.7. The second-order valence-electron chi connectivity index (χ2n) is 7.59. The van der Waals surface area contributed by atoms with Gasteiger partial charge in [0.05, 0.1) is 19.8 Å². The molecule has 34 heavy (non-hydrogen) atoms. The molecular formula is C24H25N7O3. The quantitative estimate of drug-likeness (QED) is 0.298. The summed E-state index contributed by atoms with van der Waals surface area (Å²) in [7, 11) is 0. The third-order valence-electron chi connectivity index (χ3n) is 5.31. The Bertz CT molecular complexity index is 1240. The van der Waals surface area contributed by atoms with E-state index in [0.29, 0.717) is 38.1 Å². The lowest BCUT2D eigenvalue weighted by atomic mass is 10.2. The molecule has 1 N–H and O–H groups in total. The minimum absolute atomic E-state index is 0.231. The van der Waals surface area contributed by atoms with E-state index in [-0.39, 0.29) is 12.6 Å². The molecule has 1 aliphatic rings. The van der Waals surface area contributed by atoms with Crippen molar-refractivity contribution in [1.82, 2.24) is 19.9 Å². The van der Waals surface area contributed by atoms with Crippen LogP contribution in [-0.2, 0) is 11.3 Å². The molecule has 3 aromatic heterocycles. The maximum Gasteiger partial charge on any atom is 0.320 e. The molecule has 0 radical (unpaired) electrons. The minimum Gasteiger partial charge on any atom is -0.474 e. The van der Waals surface area contributed by atoms with Crippen LogP contribution < -0.4 is 14.4 Å². The maximum atomic E-state index is 5.77. The molecule has 1 fully saturated rings. The van der Waals surface area contributed by atoms with Gasteiger partial charge in [-0.3, -0.25) is 0 Å². The summed E-state index contributed by atoms with van der Waals surface area (Å²) in [5.74, 6) is 1.72. The van der Waals surface area contributed by atoms with E-state index >= 15 is 0 Å². The molecule has 10 heteroatoms. The Kier molecular flexibility index (Phi) is 6.86. The van der Waals surface area contributed by atoms with Crippen molar-refractivity contribution in [2.45, 2.75) is 6.54 Å². The van der Waals surface area contributed by atoms with Crippen molar-refractivity contribution in [1.29, 1.82) is 0 Å². The van der Waals surface area contributed by atoms with Crippen molar-refractivity contribution < 1.29 is 14.2 Å². The number of hydrogen-bond donors (Lipinski definition) is 1. The normalized spacial score (nSPS) is 14.1. The van der Waals surface area contributed by atoms with Gasteiger partial charge in [0.1, 0.15) is 19.0 Å². The summed E-state index contributed by atoms with van der Waals surface area (Å²) in [6.45, 7) is 3.81. The number of aromatic nitrogens is 4. The Labute approximate surface area is 196 Å². The third-order valence-corrected chi connectivity index (χ3v) is 5.31. The first-order valence-corrected chi connectivity index (χ1v) is 11.2. The number of anilines is 1. The highest BCUT2D eigenvalue weighted by atomic mass is 16.5. The van der Waals surface area contributed by atoms with Gasteiger partial charge in [0, 0.05) is 54.1 Å². The molecule has 0 aliphatic carbocycles. The number of azo groups is 1. The van der Waals surface area contributed by atoms with Crippen molar-refractivity contribution in [2.24, 2.45) is 10.2 Å². The van der Waals surface area contributed by atoms with Crippen LogP contribution in [0.3, 0.4) is 0 Å². The topological polar surface area (TPSA) is 110 Å². The fourth-order valence-corrected chi connectivity index (χ4v) is 3.63. The largest absolute Gasteiger partial charge is 0.474 e. The van der Waals surface area contributed by atoms with Crippen LogP contribution in [0.25, 0.3) is 10.9 Å². The van der Waals surface area contributed by atoms with Gasteiger partial charge in [0.25, 0.3) is 0 Å². The van der Waals surface area contributed by atoms with Crippen LogP contribution in [0.15, 0.2) is 71.2 Å². The van der Waals surface area contributed by atoms with Gasteiger partial charge in [-0.1, -0.05) is 24.3 Å². The molecule has 5 rings (SSSR count). The summed E-state index contributed by atoms with van der Waals surface area (Å²) in [6.07, 6.45) is 3.64. The maximum absolute atomic E-state index is 5.77. The summed E-state index contributed by atoms with van der Waals surface area (Å²) in [4.78, 5) is 18.5. The molecule has 0 spiro atoms. The van der Waals surface area contributed by atoms with Crippen LogP contribution >= 0.6 is 0 Å². The zero-order valence-electron chi connectivity index (χ0n) is 18.6. The number of para-hydroxylation sites is 1. The molecule has 174 valence electrons. The predicted molar refractivity (Wildman–Crippen MR) is 127 cm³/mol. The summed E-state index contributed by atoms with van der Waals surface area (Å²) >= 11 is 0. The lowest BCUT2D eigenvalue weighted by Gasteiger charge is -2.27. The molecular weight excluding hydrogens is 434 g/mol. The monoisotopic (exact) mass is 459 g/mol. The zero-order valence-corrected chi connectivity index (χ0v) is 18.6. The Morgan fingerprint density at radius 3 is 2.74 bits per heavy atom. The van der Waals surface area contributed by atoms with E-state index in [9.17, 15) is 0 Å². The highest BCUT2D eigenvalue weighted by Gasteiger charge is 2.16. The molecule has 0 amide bonds. The van der Waals surface area contributed by atoms with Crippen molar-refractivity contribution >= 4 is 22.5 Å². The average molecular weight is 460 g/mol. The van der Waals surface area contributed by atoms with E-state index in [1.165, 1.54) is 0 Å². The van der Waals surface area contributed by atoms with Crippen LogP contribution in [0.5, 0.6) is 11.9 Å². The van der Waals surface area contributed by atoms with Crippen LogP contribution in [0.1, 0.15) is 5.56 Å². The predicted octanol–water partition coefficient (Wildman–Crippen LogP) is 3.93. The van der Waals surface area contributed by atoms with Gasteiger partial charge in [-0.05, 0) is 12.1 Å². The number of nitrogens with zero attached hydrogens (tertiary/aromatic N) is 6. The van der Waals surface area contributed by atoms with Crippen LogP contribution in [0.4, 0.5) is 11.6 Å². The van der Waals surface area contributed by atoms with Crippen LogP contribution in [0.2, 0.25) is 0 Å². The molecule has 0 bridgehead atoms. The van der Waals surface area contributed by atoms with Crippen molar-refractivity contribution in [3.05, 3.63) is 66.5 Å². The molecule has 4 heterocycles. The molecule has 1 aliphatic heterocycles. The van der Waals surface area contributed by atoms with Gasteiger partial charge in [-0.2, -0.15) is 15.1 Å². The zero-order chi connectivity index (χ0) is 23.0. The second-order valence-corrected chi connectivity index (χ2v) is 7.59. The number of H-pyrrole nitrogens is 1. The van der Waals surface area contributed by atoms with E-state index < -0.39 is 0 Å². The molecule has 4 aromatic rings. The highest BCUT2D eigenvalue weighted by Crippen LogP contribution is 2.24. The lowest BCUT2D eigenvalue weighted by Crippen LogP contribution is -2.36. The number of rotatable bonds is 9. The molecule has 10 nitrogen and oxygen atoms in total. The number of hydrogen-bond acceptors (Lipinski definition) is 9. The third kappa shape index (κ3) is 5.46. The minimum atomic E-state index is 0.231. The van der Waals surface area contributed by atoms with Gasteiger partial charge in [-0.25, -0.2) is 4.98 Å². The van der Waals surface area contributed by atoms with E-state index in [2.05, 4.69) is 41.1 Å². The van der Waals surface area contributed by atoms with Crippen molar-refractivity contribution in [3.63, 3.8) is 0 Å². The van der Waals surface area contributed by atoms with Gasteiger partial charge in [0.15, 0.2) is 5.82 Å². The summed E-state index contributed by atoms with van der Waals surface area (Å²) in [5.41, 5.74) is 2.15. The van der Waals surface area contributed by atoms with E-state index in [4.69, 9.17) is 14.2 Å². The van der Waals surface area contributed by atoms with Crippen molar-refractivity contribution in [2.75, 3.05) is 44.4 Å². The Hall–Kier alpha value is -4.05. The number of benzene rings is 1. The number of ether oxygens (including phenoxy) is 3. The first-order chi connectivity index (χ1) is 16.8. The van der Waals surface area contributed by atoms with E-state index in [0.717, 1.165) is 35.4 Å². The SMILES string of the molecule is c1ccc(OCCOc2nc(N=NCc3c[nH]c4ccccc34)cc(N3CCOCC3)n2)nc1. The number of fused-ring (bicyclic) bond motifs is 1. The Morgan fingerprint density at radius 2 is 1.85 bits per heavy atom. The lowest BCUT2D eigenvalue weighted by molar-refractivity contribution is 0.122. The first kappa shape index (κ1) is 21.8. The van der Waals surface area contributed by atoms with Gasteiger partial charge >= 0.3 is 6.01 Å². The highest BCUT2D eigenvalue weighted by molar-refractivity contribution is 5.82. The molecule has 1 aromatic carbocycles. The fourth-order valence-electron chi connectivity index (χ4n) is 3.63. The molecule has 0 saturated carbocycles. The molecule has 0 atom stereocenters. The van der Waals surface area contributed by atoms with Crippen LogP contribution in [0, 0.1) is 0 Å². The number of morpholine rings is 1. The van der Waals surface area contributed by atoms with Gasteiger partial charge < -0.3 is 24.1 Å². The standard InChI is InChI=1S/C24H25N7O3/c1-2-6-20-19(5-1)18(16-26-20)17-27-30-21-15-22(31-9-11-32-12-10-31)29-24(28-21)34-14-13-33-23-7-3-4-8-25-23/h1-8,15-16,26H,9-14,17H2. The summed E-state index contributed by atoms with van der Waals surface area (Å²) < 4.78 is 16.8. The van der Waals surface area contributed by atoms with Crippen LogP contribution in [-0.4, -0.2) is 59.5 Å². The van der Waals surface area contributed by atoms with Crippen molar-refractivity contribution in [3.8, 4) is 11.9 Å². The smallest absolute Gasteiger partial charge is 0.320 e. The number of pyridine rings is 1. The fraction of sp³-hybridized carbons (Fsp3) is 0.292. The molecule has 1 saturated heterocycles. The first-order valence-electron chi connectivity index (χ1n) is 11.2. The average Bonchev–Trinajstić information content (AvgIpc) is 3.31. The Morgan fingerprint density at radius 1 is 1.00 bits per heavy atom. The number of aromatic amines is 1. The number of nitrogens with one attached hydrogen (secondary N) is 1. The summed E-state index contributed by atoms with van der Waals surface area (Å²) in [5, 5.41) is 9.88. The van der Waals surface area contributed by atoms with Gasteiger partial charge in [0.2, 0.25) is 5.88 Å². The summed E-state index contributed by atoms with van der Waals surface area (Å²) in [6, 6.07) is 15.7. The molecule has 0 unspecified atom stereocenters. The Balaban J connectivity index is 1.28. The van der Waals surface area contributed by atoms with E-state index in [1.807, 2.05) is 42.6 Å². The van der Waals surface area contributed by atoms with Gasteiger partial charge in [-0.15, -0.1) is 5.11 Å².